The number of hydrogen-bond donors (Lipinski definition) is 2. The van der Waals surface area contributed by atoms with Crippen LogP contribution in [0.25, 0.3) is 59.8 Å². The van der Waals surface area contributed by atoms with Gasteiger partial charge in [-0.15, -0.1) is 0 Å². The first kappa shape index (κ1) is 28.5. The summed E-state index contributed by atoms with van der Waals surface area (Å²) in [6.07, 6.45) is -0.0556. The Bertz CT molecular complexity index is 2520. The lowest BCUT2D eigenvalue weighted by atomic mass is 9.93. The van der Waals surface area contributed by atoms with Crippen LogP contribution in [-0.2, 0) is 13.1 Å². The molecule has 2 N–H and O–H groups in total. The lowest BCUT2D eigenvalue weighted by Crippen LogP contribution is -2.33. The molecular weight excluding hydrogens is 583 g/mol. The average molecular weight is 618 g/mol. The van der Waals surface area contributed by atoms with E-state index in [9.17, 15) is 0 Å². The molecular formula is C45H35N3. The Morgan fingerprint density at radius 1 is 0.438 bits per heavy atom. The highest BCUT2D eigenvalue weighted by atomic mass is 15.1. The Morgan fingerprint density at radius 2 is 1.04 bits per heavy atom. The van der Waals surface area contributed by atoms with Gasteiger partial charge in [0.2, 0.25) is 0 Å². The second-order valence-corrected chi connectivity index (χ2v) is 12.6. The summed E-state index contributed by atoms with van der Waals surface area (Å²) in [5, 5.41) is 17.9. The Morgan fingerprint density at radius 3 is 1.77 bits per heavy atom. The summed E-state index contributed by atoms with van der Waals surface area (Å²) in [6, 6.07) is 61.5. The van der Waals surface area contributed by atoms with E-state index in [1.165, 1.54) is 70.8 Å². The fourth-order valence-electron chi connectivity index (χ4n) is 7.49. The van der Waals surface area contributed by atoms with Crippen LogP contribution >= 0.6 is 0 Å². The maximum atomic E-state index is 3.82. The molecule has 0 aliphatic rings. The standard InChI is InChI=1S/C45H35N3/c1-3-14-31(15-4-1)29-46-45(47-30-32-16-5-2-6-17-32)34-19-13-20-35(28-34)48-41-25-12-11-24-40(41)43-42-36-21-8-7-18-33(36)26-27-38(42)37-22-9-10-23-39(37)44(43)48/h1-28,45-47H,29-30H2. The second-order valence-electron chi connectivity index (χ2n) is 12.6. The molecule has 0 saturated carbocycles. The Balaban J connectivity index is 1.26. The quantitative estimate of drug-likeness (QED) is 0.131. The molecule has 0 atom stereocenters. The lowest BCUT2D eigenvalue weighted by Gasteiger charge is -2.22. The van der Waals surface area contributed by atoms with Crippen molar-refractivity contribution in [2.75, 3.05) is 0 Å². The third kappa shape index (κ3) is 4.92. The van der Waals surface area contributed by atoms with Crippen LogP contribution in [0.1, 0.15) is 22.9 Å². The summed E-state index contributed by atoms with van der Waals surface area (Å²) in [7, 11) is 0. The maximum Gasteiger partial charge on any atom is 0.0841 e. The van der Waals surface area contributed by atoms with E-state index < -0.39 is 0 Å². The summed E-state index contributed by atoms with van der Waals surface area (Å²) in [5.41, 5.74) is 7.32. The van der Waals surface area contributed by atoms with Gasteiger partial charge in [-0.05, 0) is 56.4 Å². The topological polar surface area (TPSA) is 29.0 Å². The summed E-state index contributed by atoms with van der Waals surface area (Å²) < 4.78 is 2.49. The molecule has 0 fully saturated rings. The maximum absolute atomic E-state index is 3.82. The highest BCUT2D eigenvalue weighted by molar-refractivity contribution is 6.36. The normalized spacial score (nSPS) is 11.9. The molecule has 0 radical (unpaired) electrons. The van der Waals surface area contributed by atoms with Crippen molar-refractivity contribution in [2.45, 2.75) is 19.3 Å². The fraction of sp³-hybridized carbons (Fsp3) is 0.0667. The van der Waals surface area contributed by atoms with Gasteiger partial charge in [-0.2, -0.15) is 0 Å². The third-order valence-corrected chi connectivity index (χ3v) is 9.69. The predicted octanol–water partition coefficient (Wildman–Crippen LogP) is 10.8. The van der Waals surface area contributed by atoms with Crippen LogP contribution in [0.3, 0.4) is 0 Å². The van der Waals surface area contributed by atoms with Gasteiger partial charge in [-0.3, -0.25) is 10.6 Å². The summed E-state index contributed by atoms with van der Waals surface area (Å²) in [5.74, 6) is 0. The van der Waals surface area contributed by atoms with Crippen molar-refractivity contribution < 1.29 is 0 Å². The number of hydrogen-bond acceptors (Lipinski definition) is 2. The first-order valence-corrected chi connectivity index (χ1v) is 16.7. The average Bonchev–Trinajstić information content (AvgIpc) is 3.51. The molecule has 48 heavy (non-hydrogen) atoms. The number of benzene rings is 8. The first-order valence-electron chi connectivity index (χ1n) is 16.7. The van der Waals surface area contributed by atoms with Crippen molar-refractivity contribution in [3.05, 3.63) is 187 Å². The summed E-state index contributed by atoms with van der Waals surface area (Å²) in [4.78, 5) is 0. The number of para-hydroxylation sites is 1. The molecule has 0 saturated heterocycles. The molecule has 1 heterocycles. The van der Waals surface area contributed by atoms with Gasteiger partial charge in [0.15, 0.2) is 0 Å². The highest BCUT2D eigenvalue weighted by Gasteiger charge is 2.21. The van der Waals surface area contributed by atoms with Crippen LogP contribution in [0.2, 0.25) is 0 Å². The van der Waals surface area contributed by atoms with E-state index in [0.29, 0.717) is 0 Å². The van der Waals surface area contributed by atoms with Crippen LogP contribution in [-0.4, -0.2) is 4.57 Å². The molecule has 3 nitrogen and oxygen atoms in total. The third-order valence-electron chi connectivity index (χ3n) is 9.69. The molecule has 3 heteroatoms. The van der Waals surface area contributed by atoms with Gasteiger partial charge in [0.1, 0.15) is 0 Å². The van der Waals surface area contributed by atoms with Crippen molar-refractivity contribution >= 4 is 54.1 Å². The Labute approximate surface area is 280 Å². The molecule has 0 spiro atoms. The van der Waals surface area contributed by atoms with E-state index >= 15 is 0 Å². The number of fused-ring (bicyclic) bond motifs is 10. The largest absolute Gasteiger partial charge is 0.309 e. The zero-order valence-corrected chi connectivity index (χ0v) is 26.6. The van der Waals surface area contributed by atoms with Gasteiger partial charge in [0, 0.05) is 40.3 Å². The van der Waals surface area contributed by atoms with Crippen LogP contribution in [0.4, 0.5) is 0 Å². The number of nitrogens with one attached hydrogen (secondary N) is 2. The number of rotatable bonds is 8. The highest BCUT2D eigenvalue weighted by Crippen LogP contribution is 2.44. The minimum absolute atomic E-state index is 0.0556. The molecule has 230 valence electrons. The van der Waals surface area contributed by atoms with E-state index in [1.807, 2.05) is 0 Å². The van der Waals surface area contributed by atoms with Crippen molar-refractivity contribution in [1.29, 1.82) is 0 Å². The SMILES string of the molecule is c1ccc(CNC(NCc2ccccc2)c2cccc(-n3c4ccccc4c4c5c6ccccc6ccc5c5ccccc5c43)c2)cc1. The van der Waals surface area contributed by atoms with Gasteiger partial charge >= 0.3 is 0 Å². The van der Waals surface area contributed by atoms with Gasteiger partial charge in [0.25, 0.3) is 0 Å². The van der Waals surface area contributed by atoms with Gasteiger partial charge in [0.05, 0.1) is 17.2 Å². The van der Waals surface area contributed by atoms with Crippen LogP contribution < -0.4 is 10.6 Å². The molecule has 0 bridgehead atoms. The van der Waals surface area contributed by atoms with E-state index in [4.69, 9.17) is 0 Å². The van der Waals surface area contributed by atoms with Gasteiger partial charge in [-0.25, -0.2) is 0 Å². The van der Waals surface area contributed by atoms with E-state index in [0.717, 1.165) is 18.8 Å². The van der Waals surface area contributed by atoms with Crippen molar-refractivity contribution in [3.8, 4) is 5.69 Å². The zero-order chi connectivity index (χ0) is 31.9. The molecule has 0 amide bonds. The smallest absolute Gasteiger partial charge is 0.0841 e. The van der Waals surface area contributed by atoms with Crippen molar-refractivity contribution in [2.24, 2.45) is 0 Å². The zero-order valence-electron chi connectivity index (χ0n) is 26.6. The minimum Gasteiger partial charge on any atom is -0.309 e. The summed E-state index contributed by atoms with van der Waals surface area (Å²) >= 11 is 0. The molecule has 9 rings (SSSR count). The molecule has 0 aliphatic heterocycles. The Kier molecular flexibility index (Phi) is 7.20. The number of nitrogens with zero attached hydrogens (tertiary/aromatic N) is 1. The van der Waals surface area contributed by atoms with Crippen LogP contribution in [0.15, 0.2) is 170 Å². The summed E-state index contributed by atoms with van der Waals surface area (Å²) in [6.45, 7) is 1.52. The van der Waals surface area contributed by atoms with Gasteiger partial charge < -0.3 is 4.57 Å². The monoisotopic (exact) mass is 617 g/mol. The van der Waals surface area contributed by atoms with Crippen molar-refractivity contribution in [1.82, 2.24) is 15.2 Å². The molecule has 9 aromatic rings. The Hall–Kier alpha value is -5.74. The van der Waals surface area contributed by atoms with E-state index in [1.54, 1.807) is 0 Å². The molecule has 0 aliphatic carbocycles. The molecule has 8 aromatic carbocycles. The van der Waals surface area contributed by atoms with Crippen molar-refractivity contribution in [3.63, 3.8) is 0 Å². The minimum atomic E-state index is -0.0556. The van der Waals surface area contributed by atoms with E-state index in [-0.39, 0.29) is 6.17 Å². The predicted molar refractivity (Wildman–Crippen MR) is 203 cm³/mol. The van der Waals surface area contributed by atoms with Crippen LogP contribution in [0.5, 0.6) is 0 Å². The van der Waals surface area contributed by atoms with E-state index in [2.05, 4.69) is 185 Å². The molecule has 0 unspecified atom stereocenters. The second kappa shape index (κ2) is 12.1. The van der Waals surface area contributed by atoms with Gasteiger partial charge in [-0.1, -0.05) is 152 Å². The number of aromatic nitrogens is 1. The fourth-order valence-corrected chi connectivity index (χ4v) is 7.49. The van der Waals surface area contributed by atoms with Crippen LogP contribution in [0, 0.1) is 0 Å². The first-order chi connectivity index (χ1) is 23.8. The lowest BCUT2D eigenvalue weighted by molar-refractivity contribution is 0.436. The molecule has 1 aromatic heterocycles.